The van der Waals surface area contributed by atoms with Crippen molar-refractivity contribution in [1.82, 2.24) is 0 Å². The molecular weight excluding hydrogens is 204 g/mol. The Balaban J connectivity index is 2.71. The molecule has 0 fully saturated rings. The summed E-state index contributed by atoms with van der Waals surface area (Å²) in [6.07, 6.45) is 0. The molecule has 1 rings (SSSR count). The van der Waals surface area contributed by atoms with Gasteiger partial charge >= 0.3 is 0 Å². The average molecular weight is 224 g/mol. The Morgan fingerprint density at radius 1 is 1.00 bits per heavy atom. The number of benzene rings is 1. The lowest BCUT2D eigenvalue weighted by Crippen LogP contribution is -2.36. The summed E-state index contributed by atoms with van der Waals surface area (Å²) in [7, 11) is 0.167. The van der Waals surface area contributed by atoms with Crippen LogP contribution >= 0.6 is 0 Å². The van der Waals surface area contributed by atoms with E-state index in [0.29, 0.717) is 0 Å². The van der Waals surface area contributed by atoms with Gasteiger partial charge in [-0.1, -0.05) is 13.8 Å². The van der Waals surface area contributed by atoms with Gasteiger partial charge in [-0.2, -0.15) is 0 Å². The van der Waals surface area contributed by atoms with Crippen LogP contribution in [0.2, 0.25) is 18.6 Å². The molecule has 0 unspecified atom stereocenters. The van der Waals surface area contributed by atoms with Gasteiger partial charge in [0.05, 0.1) is 7.11 Å². The Kier molecular flexibility index (Phi) is 4.21. The van der Waals surface area contributed by atoms with Gasteiger partial charge in [0.2, 0.25) is 8.32 Å². The second kappa shape index (κ2) is 5.21. The van der Waals surface area contributed by atoms with Crippen molar-refractivity contribution in [2.24, 2.45) is 0 Å². The normalized spacial score (nSPS) is 11.2. The van der Waals surface area contributed by atoms with E-state index in [-0.39, 0.29) is 0 Å². The van der Waals surface area contributed by atoms with Crippen LogP contribution in [0, 0.1) is 0 Å². The highest BCUT2D eigenvalue weighted by atomic mass is 28.4. The van der Waals surface area contributed by atoms with Crippen LogP contribution in [-0.2, 0) is 0 Å². The maximum Gasteiger partial charge on any atom is 0.247 e. The van der Waals surface area contributed by atoms with Crippen LogP contribution in [0.15, 0.2) is 24.3 Å². The maximum atomic E-state index is 6.08. The standard InChI is InChI=1S/C12H20O2Si/c1-5-15(4,6-2)14-12-9-7-11(13-3)8-10-12/h7-10H,5-6H2,1-4H3. The van der Waals surface area contributed by atoms with Gasteiger partial charge in [0.1, 0.15) is 11.5 Å². The molecule has 0 saturated carbocycles. The topological polar surface area (TPSA) is 18.5 Å². The number of hydrogen-bond donors (Lipinski definition) is 0. The van der Waals surface area contributed by atoms with E-state index in [9.17, 15) is 0 Å². The van der Waals surface area contributed by atoms with E-state index in [1.54, 1.807) is 7.11 Å². The van der Waals surface area contributed by atoms with Gasteiger partial charge in [-0.25, -0.2) is 0 Å². The fraction of sp³-hybridized carbons (Fsp3) is 0.500. The molecule has 2 nitrogen and oxygen atoms in total. The third kappa shape index (κ3) is 3.27. The van der Waals surface area contributed by atoms with Gasteiger partial charge in [0.25, 0.3) is 0 Å². The van der Waals surface area contributed by atoms with Crippen molar-refractivity contribution >= 4 is 8.32 Å². The molecule has 1 aromatic rings. The van der Waals surface area contributed by atoms with Crippen LogP contribution < -0.4 is 9.16 Å². The van der Waals surface area contributed by atoms with Crippen LogP contribution in [0.25, 0.3) is 0 Å². The fourth-order valence-corrected chi connectivity index (χ4v) is 2.82. The molecule has 0 heterocycles. The first-order valence-electron chi connectivity index (χ1n) is 5.46. The number of rotatable bonds is 5. The van der Waals surface area contributed by atoms with Gasteiger partial charge in [0, 0.05) is 0 Å². The molecule has 0 aliphatic rings. The monoisotopic (exact) mass is 224 g/mol. The van der Waals surface area contributed by atoms with E-state index in [2.05, 4.69) is 20.4 Å². The first kappa shape index (κ1) is 12.1. The quantitative estimate of drug-likeness (QED) is 0.710. The highest BCUT2D eigenvalue weighted by Gasteiger charge is 2.25. The van der Waals surface area contributed by atoms with Crippen molar-refractivity contribution in [3.05, 3.63) is 24.3 Å². The van der Waals surface area contributed by atoms with Gasteiger partial charge in [-0.3, -0.25) is 0 Å². The largest absolute Gasteiger partial charge is 0.544 e. The van der Waals surface area contributed by atoms with Gasteiger partial charge in [0.15, 0.2) is 0 Å². The van der Waals surface area contributed by atoms with E-state index in [4.69, 9.17) is 9.16 Å². The SMILES string of the molecule is CC[Si](C)(CC)Oc1ccc(OC)cc1. The van der Waals surface area contributed by atoms with E-state index in [0.717, 1.165) is 23.6 Å². The summed E-state index contributed by atoms with van der Waals surface area (Å²) < 4.78 is 11.2. The summed E-state index contributed by atoms with van der Waals surface area (Å²) in [5.41, 5.74) is 0. The minimum absolute atomic E-state index is 0.874. The minimum atomic E-state index is -1.51. The Bertz CT molecular complexity index is 291. The second-order valence-corrected chi connectivity index (χ2v) is 8.45. The molecule has 0 radical (unpaired) electrons. The zero-order valence-corrected chi connectivity index (χ0v) is 11.0. The third-order valence-electron chi connectivity index (χ3n) is 2.92. The molecule has 15 heavy (non-hydrogen) atoms. The molecule has 0 spiro atoms. The molecule has 0 atom stereocenters. The lowest BCUT2D eigenvalue weighted by atomic mass is 10.3. The average Bonchev–Trinajstić information content (AvgIpc) is 2.30. The van der Waals surface area contributed by atoms with E-state index in [1.165, 1.54) is 0 Å². The van der Waals surface area contributed by atoms with E-state index in [1.807, 2.05) is 24.3 Å². The Morgan fingerprint density at radius 2 is 1.47 bits per heavy atom. The summed E-state index contributed by atoms with van der Waals surface area (Å²) in [5.74, 6) is 1.84. The first-order chi connectivity index (χ1) is 7.13. The van der Waals surface area contributed by atoms with Crippen LogP contribution in [0.1, 0.15) is 13.8 Å². The minimum Gasteiger partial charge on any atom is -0.544 e. The van der Waals surface area contributed by atoms with Crippen LogP contribution in [0.5, 0.6) is 11.5 Å². The maximum absolute atomic E-state index is 6.08. The fourth-order valence-electron chi connectivity index (χ4n) is 1.32. The molecule has 3 heteroatoms. The number of ether oxygens (including phenoxy) is 1. The van der Waals surface area contributed by atoms with Crippen LogP contribution in [0.4, 0.5) is 0 Å². The van der Waals surface area contributed by atoms with Crippen molar-refractivity contribution in [3.8, 4) is 11.5 Å². The van der Waals surface area contributed by atoms with Crippen LogP contribution in [-0.4, -0.2) is 15.4 Å². The molecule has 0 saturated heterocycles. The highest BCUT2D eigenvalue weighted by molar-refractivity contribution is 6.73. The zero-order valence-electron chi connectivity index (χ0n) is 10.0. The first-order valence-corrected chi connectivity index (χ1v) is 8.29. The van der Waals surface area contributed by atoms with E-state index >= 15 is 0 Å². The Labute approximate surface area is 93.4 Å². The number of hydrogen-bond acceptors (Lipinski definition) is 2. The molecule has 0 aliphatic carbocycles. The molecular formula is C12H20O2Si. The lowest BCUT2D eigenvalue weighted by Gasteiger charge is -2.25. The molecule has 1 aromatic carbocycles. The molecule has 0 aromatic heterocycles. The predicted octanol–water partition coefficient (Wildman–Crippen LogP) is 3.69. The summed E-state index contributed by atoms with van der Waals surface area (Å²) in [6, 6.07) is 10.1. The molecule has 0 N–H and O–H groups in total. The second-order valence-electron chi connectivity index (χ2n) is 3.93. The van der Waals surface area contributed by atoms with Crippen molar-refractivity contribution in [1.29, 1.82) is 0 Å². The summed E-state index contributed by atoms with van der Waals surface area (Å²) >= 11 is 0. The van der Waals surface area contributed by atoms with Crippen molar-refractivity contribution in [3.63, 3.8) is 0 Å². The van der Waals surface area contributed by atoms with Crippen molar-refractivity contribution in [2.75, 3.05) is 7.11 Å². The highest BCUT2D eigenvalue weighted by Crippen LogP contribution is 2.23. The summed E-state index contributed by atoms with van der Waals surface area (Å²) in [4.78, 5) is 0. The zero-order chi connectivity index (χ0) is 11.3. The van der Waals surface area contributed by atoms with Crippen molar-refractivity contribution in [2.45, 2.75) is 32.5 Å². The number of methoxy groups -OCH3 is 1. The van der Waals surface area contributed by atoms with Gasteiger partial charge < -0.3 is 9.16 Å². The predicted molar refractivity (Wildman–Crippen MR) is 66.2 cm³/mol. The summed E-state index contributed by atoms with van der Waals surface area (Å²) in [5, 5.41) is 0. The molecule has 0 aliphatic heterocycles. The van der Waals surface area contributed by atoms with Crippen LogP contribution in [0.3, 0.4) is 0 Å². The van der Waals surface area contributed by atoms with E-state index < -0.39 is 8.32 Å². The molecule has 0 amide bonds. The lowest BCUT2D eigenvalue weighted by molar-refractivity contribution is 0.414. The Hall–Kier alpha value is -0.963. The molecule has 84 valence electrons. The smallest absolute Gasteiger partial charge is 0.247 e. The van der Waals surface area contributed by atoms with Gasteiger partial charge in [-0.15, -0.1) is 0 Å². The molecule has 0 bridgehead atoms. The Morgan fingerprint density at radius 3 is 1.87 bits per heavy atom. The van der Waals surface area contributed by atoms with Crippen molar-refractivity contribution < 1.29 is 9.16 Å². The van der Waals surface area contributed by atoms with Gasteiger partial charge in [-0.05, 0) is 42.9 Å². The third-order valence-corrected chi connectivity index (χ3v) is 6.64. The summed E-state index contributed by atoms with van der Waals surface area (Å²) in [6.45, 7) is 6.69.